The minimum atomic E-state index is -0.449. The molecule has 0 aromatic carbocycles. The first-order chi connectivity index (χ1) is 9.13. The van der Waals surface area contributed by atoms with Crippen LogP contribution < -0.4 is 16.0 Å². The van der Waals surface area contributed by atoms with Crippen molar-refractivity contribution >= 4 is 11.9 Å². The van der Waals surface area contributed by atoms with Gasteiger partial charge in [-0.15, -0.1) is 5.10 Å². The van der Waals surface area contributed by atoms with Crippen molar-refractivity contribution < 1.29 is 13.9 Å². The molecule has 0 saturated carbocycles. The van der Waals surface area contributed by atoms with Crippen LogP contribution in [0.5, 0.6) is 0 Å². The molecule has 8 nitrogen and oxygen atoms in total. The van der Waals surface area contributed by atoms with Crippen molar-refractivity contribution in [3.8, 4) is 0 Å². The van der Waals surface area contributed by atoms with Crippen LogP contribution in [0.1, 0.15) is 25.8 Å². The van der Waals surface area contributed by atoms with Crippen molar-refractivity contribution in [2.45, 2.75) is 25.9 Å². The van der Waals surface area contributed by atoms with E-state index in [1.165, 1.54) is 0 Å². The summed E-state index contributed by atoms with van der Waals surface area (Å²) >= 11 is 0. The second-order valence-electron chi connectivity index (χ2n) is 4.39. The molecule has 2 unspecified atom stereocenters. The van der Waals surface area contributed by atoms with Gasteiger partial charge in [0.15, 0.2) is 0 Å². The number of ether oxygens (including phenoxy) is 1. The van der Waals surface area contributed by atoms with Gasteiger partial charge in [-0.25, -0.2) is 0 Å². The van der Waals surface area contributed by atoms with Gasteiger partial charge in [-0.2, -0.15) is 0 Å². The number of nitrogens with zero attached hydrogens (tertiary/aromatic N) is 3. The summed E-state index contributed by atoms with van der Waals surface area (Å²) in [5.41, 5.74) is 5.68. The van der Waals surface area contributed by atoms with E-state index in [-0.39, 0.29) is 11.9 Å². The zero-order valence-corrected chi connectivity index (χ0v) is 11.1. The molecule has 3 N–H and O–H groups in total. The van der Waals surface area contributed by atoms with Crippen LogP contribution in [-0.4, -0.2) is 48.4 Å². The molecule has 2 heterocycles. The Labute approximate surface area is 111 Å². The van der Waals surface area contributed by atoms with Crippen LogP contribution in [0, 0.1) is 0 Å². The van der Waals surface area contributed by atoms with Crippen LogP contribution in [-0.2, 0) is 9.53 Å². The third kappa shape index (κ3) is 3.02. The van der Waals surface area contributed by atoms with Crippen molar-refractivity contribution in [3.63, 3.8) is 0 Å². The monoisotopic (exact) mass is 269 g/mol. The summed E-state index contributed by atoms with van der Waals surface area (Å²) in [5.74, 6) is 0.249. The molecule has 1 aliphatic heterocycles. The molecule has 1 aliphatic rings. The number of anilines is 1. The zero-order valence-electron chi connectivity index (χ0n) is 11.1. The Bertz CT molecular complexity index is 434. The second-order valence-corrected chi connectivity index (χ2v) is 4.39. The summed E-state index contributed by atoms with van der Waals surface area (Å²) < 4.78 is 10.8. The smallest absolute Gasteiger partial charge is 0.319 e. The van der Waals surface area contributed by atoms with Crippen LogP contribution >= 0.6 is 0 Å². The first-order valence-corrected chi connectivity index (χ1v) is 6.34. The van der Waals surface area contributed by atoms with Crippen LogP contribution in [0.2, 0.25) is 0 Å². The molecule has 0 spiro atoms. The molecule has 0 aliphatic carbocycles. The van der Waals surface area contributed by atoms with Crippen LogP contribution in [0.3, 0.4) is 0 Å². The average molecular weight is 269 g/mol. The number of morpholine rings is 1. The molecule has 1 fully saturated rings. The highest BCUT2D eigenvalue weighted by molar-refractivity contribution is 5.84. The summed E-state index contributed by atoms with van der Waals surface area (Å²) in [6.07, 6.45) is 0. The van der Waals surface area contributed by atoms with Crippen molar-refractivity contribution in [1.29, 1.82) is 0 Å². The number of carbonyl (C=O) groups is 1. The molecule has 1 aromatic rings. The van der Waals surface area contributed by atoms with E-state index >= 15 is 0 Å². The third-order valence-corrected chi connectivity index (χ3v) is 2.85. The summed E-state index contributed by atoms with van der Waals surface area (Å²) in [4.78, 5) is 13.7. The molecule has 1 saturated heterocycles. The average Bonchev–Trinajstić information content (AvgIpc) is 2.88. The highest BCUT2D eigenvalue weighted by atomic mass is 16.5. The van der Waals surface area contributed by atoms with E-state index < -0.39 is 6.04 Å². The number of nitrogens with one attached hydrogen (secondary N) is 1. The largest absolute Gasteiger partial charge is 0.406 e. The van der Waals surface area contributed by atoms with Crippen molar-refractivity contribution in [2.75, 3.05) is 31.2 Å². The quantitative estimate of drug-likeness (QED) is 0.753. The predicted molar refractivity (Wildman–Crippen MR) is 67.5 cm³/mol. The fraction of sp³-hybridized carbons (Fsp3) is 0.727. The number of rotatable bonds is 4. The van der Waals surface area contributed by atoms with E-state index in [1.54, 1.807) is 11.8 Å². The number of likely N-dealkylation sites (N-methyl/N-ethyl adjacent to an activating group) is 1. The highest BCUT2D eigenvalue weighted by Crippen LogP contribution is 2.20. The lowest BCUT2D eigenvalue weighted by Gasteiger charge is -2.32. The molecule has 2 atom stereocenters. The van der Waals surface area contributed by atoms with Gasteiger partial charge < -0.3 is 25.1 Å². The Kier molecular flexibility index (Phi) is 4.33. The molecule has 1 aromatic heterocycles. The SMILES string of the molecule is CCNC(=O)C1COCCN1c1nnc(C(C)N)o1. The van der Waals surface area contributed by atoms with Gasteiger partial charge in [0.2, 0.25) is 11.8 Å². The molecular weight excluding hydrogens is 250 g/mol. The van der Waals surface area contributed by atoms with Gasteiger partial charge in [0.25, 0.3) is 0 Å². The fourth-order valence-corrected chi connectivity index (χ4v) is 1.87. The molecule has 0 bridgehead atoms. The van der Waals surface area contributed by atoms with Gasteiger partial charge >= 0.3 is 6.01 Å². The standard InChI is InChI=1S/C11H19N5O3/c1-3-13-9(17)8-6-18-5-4-16(8)11-15-14-10(19-11)7(2)12/h7-8H,3-6,12H2,1-2H3,(H,13,17). The van der Waals surface area contributed by atoms with Crippen molar-refractivity contribution in [2.24, 2.45) is 5.73 Å². The van der Waals surface area contributed by atoms with E-state index in [0.29, 0.717) is 38.2 Å². The lowest BCUT2D eigenvalue weighted by atomic mass is 10.2. The second kappa shape index (κ2) is 5.98. The summed E-state index contributed by atoms with van der Waals surface area (Å²) in [5, 5.41) is 10.6. The molecule has 2 rings (SSSR count). The molecule has 1 amide bonds. The number of hydrogen-bond donors (Lipinski definition) is 2. The minimum absolute atomic E-state index is 0.109. The number of carbonyl (C=O) groups excluding carboxylic acids is 1. The van der Waals surface area contributed by atoms with Crippen LogP contribution in [0.25, 0.3) is 0 Å². The summed E-state index contributed by atoms with van der Waals surface area (Å²) in [7, 11) is 0. The predicted octanol–water partition coefficient (Wildman–Crippen LogP) is -0.569. The van der Waals surface area contributed by atoms with Gasteiger partial charge in [0, 0.05) is 13.1 Å². The molecule has 106 valence electrons. The molecule has 8 heteroatoms. The van der Waals surface area contributed by atoms with Gasteiger partial charge in [-0.05, 0) is 13.8 Å². The lowest BCUT2D eigenvalue weighted by Crippen LogP contribution is -2.54. The fourth-order valence-electron chi connectivity index (χ4n) is 1.87. The molecule has 0 radical (unpaired) electrons. The maximum Gasteiger partial charge on any atom is 0.319 e. The Balaban J connectivity index is 2.16. The Morgan fingerprint density at radius 1 is 1.63 bits per heavy atom. The lowest BCUT2D eigenvalue weighted by molar-refractivity contribution is -0.124. The Morgan fingerprint density at radius 3 is 3.05 bits per heavy atom. The van der Waals surface area contributed by atoms with Gasteiger partial charge in [0.05, 0.1) is 19.3 Å². The van der Waals surface area contributed by atoms with Crippen molar-refractivity contribution in [3.05, 3.63) is 5.89 Å². The van der Waals surface area contributed by atoms with E-state index in [2.05, 4.69) is 15.5 Å². The number of nitrogens with two attached hydrogens (primary N) is 1. The van der Waals surface area contributed by atoms with Crippen LogP contribution in [0.15, 0.2) is 4.42 Å². The van der Waals surface area contributed by atoms with Gasteiger partial charge in [-0.3, -0.25) is 4.79 Å². The number of aromatic nitrogens is 2. The minimum Gasteiger partial charge on any atom is -0.406 e. The third-order valence-electron chi connectivity index (χ3n) is 2.85. The Hall–Kier alpha value is -1.67. The highest BCUT2D eigenvalue weighted by Gasteiger charge is 2.32. The first-order valence-electron chi connectivity index (χ1n) is 6.34. The van der Waals surface area contributed by atoms with Crippen molar-refractivity contribution in [1.82, 2.24) is 15.5 Å². The van der Waals surface area contributed by atoms with E-state index in [9.17, 15) is 4.79 Å². The maximum absolute atomic E-state index is 12.0. The Morgan fingerprint density at radius 2 is 2.42 bits per heavy atom. The zero-order chi connectivity index (χ0) is 13.8. The van der Waals surface area contributed by atoms with E-state index in [0.717, 1.165) is 0 Å². The molecular formula is C11H19N5O3. The number of amides is 1. The van der Waals surface area contributed by atoms with Gasteiger partial charge in [-0.1, -0.05) is 5.10 Å². The topological polar surface area (TPSA) is 107 Å². The maximum atomic E-state index is 12.0. The van der Waals surface area contributed by atoms with Crippen LogP contribution in [0.4, 0.5) is 6.01 Å². The van der Waals surface area contributed by atoms with E-state index in [1.807, 2.05) is 6.92 Å². The first kappa shape index (κ1) is 13.8. The summed E-state index contributed by atoms with van der Waals surface area (Å²) in [6, 6.07) is -0.466. The van der Waals surface area contributed by atoms with E-state index in [4.69, 9.17) is 14.9 Å². The normalized spacial score (nSPS) is 21.2. The molecule has 19 heavy (non-hydrogen) atoms. The van der Waals surface area contributed by atoms with Gasteiger partial charge in [0.1, 0.15) is 6.04 Å². The number of hydrogen-bond acceptors (Lipinski definition) is 7. The summed E-state index contributed by atoms with van der Waals surface area (Å²) in [6.45, 7) is 5.55.